The number of halogens is 2. The van der Waals surface area contributed by atoms with E-state index < -0.39 is 17.7 Å². The fourth-order valence-electron chi connectivity index (χ4n) is 2.11. The summed E-state index contributed by atoms with van der Waals surface area (Å²) >= 11 is 0. The summed E-state index contributed by atoms with van der Waals surface area (Å²) in [6.07, 6.45) is 0. The number of hydrogen-bond acceptors (Lipinski definition) is 3. The van der Waals surface area contributed by atoms with Gasteiger partial charge in [-0.15, -0.1) is 0 Å². The molecule has 0 spiro atoms. The molecule has 2 N–H and O–H groups in total. The van der Waals surface area contributed by atoms with Gasteiger partial charge in [0.05, 0.1) is 13.7 Å². The van der Waals surface area contributed by atoms with Crippen molar-refractivity contribution in [3.8, 4) is 5.75 Å². The Hall–Kier alpha value is -2.47. The van der Waals surface area contributed by atoms with Gasteiger partial charge in [-0.05, 0) is 25.1 Å². The molecule has 2 rings (SSSR count). The number of nitrogens with one attached hydrogen (secondary N) is 2. The van der Waals surface area contributed by atoms with Crippen LogP contribution in [0.1, 0.15) is 18.5 Å². The van der Waals surface area contributed by atoms with Gasteiger partial charge in [0, 0.05) is 29.4 Å². The summed E-state index contributed by atoms with van der Waals surface area (Å²) in [5, 5.41) is 5.61. The maximum atomic E-state index is 13.7. The van der Waals surface area contributed by atoms with Gasteiger partial charge in [0.25, 0.3) is 0 Å². The number of methoxy groups -OCH3 is 1. The van der Waals surface area contributed by atoms with Crippen LogP contribution in [0.15, 0.2) is 42.5 Å². The van der Waals surface area contributed by atoms with Crippen LogP contribution in [0, 0.1) is 11.6 Å². The van der Waals surface area contributed by atoms with E-state index in [0.717, 1.165) is 6.07 Å². The highest BCUT2D eigenvalue weighted by molar-refractivity contribution is 5.92. The lowest BCUT2D eigenvalue weighted by molar-refractivity contribution is -0.115. The third kappa shape index (κ3) is 4.75. The molecular formula is C17H18F2N2O2. The molecule has 4 nitrogen and oxygen atoms in total. The highest BCUT2D eigenvalue weighted by Crippen LogP contribution is 2.18. The van der Waals surface area contributed by atoms with Gasteiger partial charge in [-0.1, -0.05) is 12.1 Å². The van der Waals surface area contributed by atoms with Crippen LogP contribution in [0.2, 0.25) is 0 Å². The molecule has 0 aliphatic heterocycles. The fourth-order valence-corrected chi connectivity index (χ4v) is 2.11. The van der Waals surface area contributed by atoms with Crippen LogP contribution < -0.4 is 15.4 Å². The fraction of sp³-hybridized carbons (Fsp3) is 0.235. The van der Waals surface area contributed by atoms with Crippen molar-refractivity contribution >= 4 is 11.6 Å². The average molecular weight is 320 g/mol. The molecule has 1 amide bonds. The van der Waals surface area contributed by atoms with Crippen LogP contribution in [0.5, 0.6) is 5.75 Å². The first-order valence-corrected chi connectivity index (χ1v) is 7.12. The molecule has 6 heteroatoms. The summed E-state index contributed by atoms with van der Waals surface area (Å²) in [7, 11) is 1.54. The van der Waals surface area contributed by atoms with E-state index in [0.29, 0.717) is 17.0 Å². The van der Waals surface area contributed by atoms with E-state index >= 15 is 0 Å². The first kappa shape index (κ1) is 16.9. The molecule has 0 saturated carbocycles. The van der Waals surface area contributed by atoms with Crippen molar-refractivity contribution in [1.82, 2.24) is 5.32 Å². The van der Waals surface area contributed by atoms with Gasteiger partial charge in [0.2, 0.25) is 5.91 Å². The molecular weight excluding hydrogens is 302 g/mol. The topological polar surface area (TPSA) is 50.4 Å². The molecule has 23 heavy (non-hydrogen) atoms. The predicted molar refractivity (Wildman–Crippen MR) is 84.4 cm³/mol. The van der Waals surface area contributed by atoms with E-state index in [9.17, 15) is 13.6 Å². The van der Waals surface area contributed by atoms with Crippen molar-refractivity contribution in [3.63, 3.8) is 0 Å². The summed E-state index contributed by atoms with van der Waals surface area (Å²) < 4.78 is 31.6. The van der Waals surface area contributed by atoms with Gasteiger partial charge in [0.1, 0.15) is 17.4 Å². The van der Waals surface area contributed by atoms with E-state index in [1.165, 1.54) is 12.1 Å². The molecule has 0 unspecified atom stereocenters. The molecule has 122 valence electrons. The van der Waals surface area contributed by atoms with E-state index in [1.807, 2.05) is 0 Å². The molecule has 0 fully saturated rings. The van der Waals surface area contributed by atoms with E-state index in [-0.39, 0.29) is 12.5 Å². The standard InChI is InChI=1S/C17H18F2N2O2/c1-11(15-7-6-12(18)8-16(15)19)20-10-17(22)21-13-4-3-5-14(9-13)23-2/h3-9,11,20H,10H2,1-2H3,(H,21,22)/t11-/m0/s1. The van der Waals surface area contributed by atoms with Gasteiger partial charge in [-0.25, -0.2) is 8.78 Å². The summed E-state index contributed by atoms with van der Waals surface area (Å²) in [5.74, 6) is -0.905. The van der Waals surface area contributed by atoms with Crippen molar-refractivity contribution in [2.75, 3.05) is 19.0 Å². The Morgan fingerprint density at radius 2 is 2.00 bits per heavy atom. The normalized spacial score (nSPS) is 11.8. The van der Waals surface area contributed by atoms with Crippen molar-refractivity contribution in [2.24, 2.45) is 0 Å². The summed E-state index contributed by atoms with van der Waals surface area (Å²) in [5.41, 5.74) is 0.914. The van der Waals surface area contributed by atoms with Crippen LogP contribution in [0.4, 0.5) is 14.5 Å². The summed E-state index contributed by atoms with van der Waals surface area (Å²) in [6, 6.07) is 9.92. The smallest absolute Gasteiger partial charge is 0.238 e. The number of hydrogen-bond donors (Lipinski definition) is 2. The number of anilines is 1. The van der Waals surface area contributed by atoms with Crippen LogP contribution in [0.25, 0.3) is 0 Å². The molecule has 2 aromatic rings. The molecule has 0 aliphatic rings. The summed E-state index contributed by atoms with van der Waals surface area (Å²) in [4.78, 5) is 11.9. The average Bonchev–Trinajstić information content (AvgIpc) is 2.53. The minimum atomic E-state index is -0.641. The molecule has 2 aromatic carbocycles. The third-order valence-corrected chi connectivity index (χ3v) is 3.35. The Labute approximate surface area is 133 Å². The second-order valence-electron chi connectivity index (χ2n) is 5.05. The molecule has 0 heterocycles. The largest absolute Gasteiger partial charge is 0.497 e. The number of amides is 1. The van der Waals surface area contributed by atoms with Crippen molar-refractivity contribution < 1.29 is 18.3 Å². The van der Waals surface area contributed by atoms with Crippen molar-refractivity contribution in [1.29, 1.82) is 0 Å². The Morgan fingerprint density at radius 1 is 1.22 bits per heavy atom. The lowest BCUT2D eigenvalue weighted by Crippen LogP contribution is -2.30. The van der Waals surface area contributed by atoms with E-state index in [4.69, 9.17) is 4.74 Å². The Kier molecular flexibility index (Phi) is 5.65. The van der Waals surface area contributed by atoms with Gasteiger partial charge in [-0.2, -0.15) is 0 Å². The van der Waals surface area contributed by atoms with Crippen molar-refractivity contribution in [3.05, 3.63) is 59.7 Å². The van der Waals surface area contributed by atoms with Crippen LogP contribution in [0.3, 0.4) is 0 Å². The first-order chi connectivity index (χ1) is 11.0. The Bertz CT molecular complexity index is 692. The molecule has 1 atom stereocenters. The van der Waals surface area contributed by atoms with Crippen LogP contribution in [-0.4, -0.2) is 19.6 Å². The second-order valence-corrected chi connectivity index (χ2v) is 5.05. The lowest BCUT2D eigenvalue weighted by atomic mass is 10.1. The highest BCUT2D eigenvalue weighted by atomic mass is 19.1. The number of benzene rings is 2. The summed E-state index contributed by atoms with van der Waals surface area (Å²) in [6.45, 7) is 1.70. The van der Waals surface area contributed by atoms with Gasteiger partial charge < -0.3 is 15.4 Å². The third-order valence-electron chi connectivity index (χ3n) is 3.35. The van der Waals surface area contributed by atoms with Gasteiger partial charge >= 0.3 is 0 Å². The molecule has 0 aromatic heterocycles. The minimum absolute atomic E-state index is 0.00477. The zero-order chi connectivity index (χ0) is 16.8. The maximum absolute atomic E-state index is 13.7. The molecule has 0 aliphatic carbocycles. The number of ether oxygens (including phenoxy) is 1. The van der Waals surface area contributed by atoms with Crippen molar-refractivity contribution in [2.45, 2.75) is 13.0 Å². The van der Waals surface area contributed by atoms with Crippen LogP contribution in [-0.2, 0) is 4.79 Å². The quantitative estimate of drug-likeness (QED) is 0.859. The number of carbonyl (C=O) groups excluding carboxylic acids is 1. The van der Waals surface area contributed by atoms with E-state index in [1.54, 1.807) is 38.3 Å². The number of carbonyl (C=O) groups is 1. The highest BCUT2D eigenvalue weighted by Gasteiger charge is 2.13. The molecule has 0 saturated heterocycles. The number of rotatable bonds is 6. The minimum Gasteiger partial charge on any atom is -0.497 e. The predicted octanol–water partition coefficient (Wildman–Crippen LogP) is 3.26. The molecule has 0 radical (unpaired) electrons. The Balaban J connectivity index is 1.90. The molecule has 0 bridgehead atoms. The first-order valence-electron chi connectivity index (χ1n) is 7.12. The maximum Gasteiger partial charge on any atom is 0.238 e. The monoisotopic (exact) mass is 320 g/mol. The zero-order valence-corrected chi connectivity index (χ0v) is 12.9. The Morgan fingerprint density at radius 3 is 2.70 bits per heavy atom. The van der Waals surface area contributed by atoms with E-state index in [2.05, 4.69) is 10.6 Å². The zero-order valence-electron chi connectivity index (χ0n) is 12.9. The second kappa shape index (κ2) is 7.69. The SMILES string of the molecule is COc1cccc(NC(=O)CN[C@@H](C)c2ccc(F)cc2F)c1. The van der Waals surface area contributed by atoms with Gasteiger partial charge in [0.15, 0.2) is 0 Å². The van der Waals surface area contributed by atoms with Gasteiger partial charge in [-0.3, -0.25) is 4.79 Å². The van der Waals surface area contributed by atoms with Crippen LogP contribution >= 0.6 is 0 Å². The lowest BCUT2D eigenvalue weighted by Gasteiger charge is -2.15.